The number of aryl methyl sites for hydroxylation is 2. The normalized spacial score (nSPS) is 10.8. The molecule has 1 aromatic heterocycles. The van der Waals surface area contributed by atoms with Crippen LogP contribution in [-0.4, -0.2) is 19.7 Å². The molecular formula is C24H21NO6. The van der Waals surface area contributed by atoms with Crippen molar-refractivity contribution in [2.24, 2.45) is 0 Å². The second-order valence-corrected chi connectivity index (χ2v) is 6.77. The molecule has 0 saturated heterocycles. The molecule has 0 spiro atoms. The van der Waals surface area contributed by atoms with Crippen molar-refractivity contribution in [2.75, 3.05) is 13.7 Å². The van der Waals surface area contributed by atoms with Gasteiger partial charge in [0.1, 0.15) is 18.3 Å². The second-order valence-electron chi connectivity index (χ2n) is 6.77. The van der Waals surface area contributed by atoms with Crippen LogP contribution in [0.4, 0.5) is 0 Å². The number of fused-ring (bicyclic) bond motifs is 1. The number of nitrogens with zero attached hydrogens (tertiary/aromatic N) is 1. The Morgan fingerprint density at radius 1 is 1.16 bits per heavy atom. The van der Waals surface area contributed by atoms with Gasteiger partial charge in [-0.25, -0.2) is 9.59 Å². The summed E-state index contributed by atoms with van der Waals surface area (Å²) in [6.07, 6.45) is 2.86. The van der Waals surface area contributed by atoms with Crippen molar-refractivity contribution in [2.45, 2.75) is 20.5 Å². The van der Waals surface area contributed by atoms with E-state index in [9.17, 15) is 9.59 Å². The number of rotatable bonds is 7. The minimum Gasteiger partial charge on any atom is -0.493 e. The number of carbonyl (C=O) groups is 1. The first-order chi connectivity index (χ1) is 14.9. The van der Waals surface area contributed by atoms with Gasteiger partial charge in [-0.05, 0) is 48.7 Å². The summed E-state index contributed by atoms with van der Waals surface area (Å²) < 4.78 is 21.2. The Balaban J connectivity index is 1.72. The van der Waals surface area contributed by atoms with E-state index in [0.29, 0.717) is 28.2 Å². The van der Waals surface area contributed by atoms with E-state index in [-0.39, 0.29) is 13.2 Å². The molecule has 0 aliphatic carbocycles. The highest BCUT2D eigenvalue weighted by Gasteiger charge is 2.11. The molecule has 31 heavy (non-hydrogen) atoms. The summed E-state index contributed by atoms with van der Waals surface area (Å²) in [6.45, 7) is 3.66. The molecule has 3 rings (SSSR count). The second kappa shape index (κ2) is 9.63. The molecule has 0 amide bonds. The molecule has 2 aromatic carbocycles. The third-order valence-electron chi connectivity index (χ3n) is 4.78. The van der Waals surface area contributed by atoms with Crippen molar-refractivity contribution < 1.29 is 23.4 Å². The van der Waals surface area contributed by atoms with Crippen molar-refractivity contribution >= 4 is 23.0 Å². The standard InChI is InChI=1S/C24H21NO6/c1-15-4-7-19-18(13-23(27)31-24(19)16(15)2)14-30-22(26)9-6-17-5-8-20(29-11-10-25)21(12-17)28-3/h4-9,12-13H,11,14H2,1-3H3. The predicted octanol–water partition coefficient (Wildman–Crippen LogP) is 4.08. The molecule has 3 aromatic rings. The summed E-state index contributed by atoms with van der Waals surface area (Å²) in [5.74, 6) is 0.317. The van der Waals surface area contributed by atoms with Crippen LogP contribution in [0.15, 0.2) is 51.7 Å². The lowest BCUT2D eigenvalue weighted by atomic mass is 10.0. The lowest BCUT2D eigenvalue weighted by Crippen LogP contribution is -2.06. The van der Waals surface area contributed by atoms with E-state index < -0.39 is 11.6 Å². The van der Waals surface area contributed by atoms with Crippen molar-refractivity contribution in [1.82, 2.24) is 0 Å². The minimum atomic E-state index is -0.561. The van der Waals surface area contributed by atoms with Gasteiger partial charge in [0.25, 0.3) is 0 Å². The zero-order valence-electron chi connectivity index (χ0n) is 17.4. The third kappa shape index (κ3) is 5.11. The molecule has 0 N–H and O–H groups in total. The monoisotopic (exact) mass is 419 g/mol. The van der Waals surface area contributed by atoms with E-state index >= 15 is 0 Å². The van der Waals surface area contributed by atoms with Gasteiger partial charge in [0, 0.05) is 23.1 Å². The molecule has 158 valence electrons. The summed E-state index contributed by atoms with van der Waals surface area (Å²) in [4.78, 5) is 24.1. The van der Waals surface area contributed by atoms with Gasteiger partial charge in [0.2, 0.25) is 0 Å². The molecule has 1 heterocycles. The van der Waals surface area contributed by atoms with Crippen molar-refractivity contribution in [3.05, 3.63) is 75.1 Å². The van der Waals surface area contributed by atoms with Crippen LogP contribution in [0, 0.1) is 25.2 Å². The number of nitriles is 1. The zero-order valence-corrected chi connectivity index (χ0v) is 17.4. The summed E-state index contributed by atoms with van der Waals surface area (Å²) in [7, 11) is 1.49. The van der Waals surface area contributed by atoms with E-state index in [2.05, 4.69) is 0 Å². The number of methoxy groups -OCH3 is 1. The van der Waals surface area contributed by atoms with Gasteiger partial charge in [-0.2, -0.15) is 5.26 Å². The Hall–Kier alpha value is -4.05. The first kappa shape index (κ1) is 21.7. The van der Waals surface area contributed by atoms with Gasteiger partial charge < -0.3 is 18.6 Å². The molecular weight excluding hydrogens is 398 g/mol. The predicted molar refractivity (Wildman–Crippen MR) is 115 cm³/mol. The van der Waals surface area contributed by atoms with E-state index in [4.69, 9.17) is 23.9 Å². The largest absolute Gasteiger partial charge is 0.493 e. The Labute approximate surface area is 179 Å². The van der Waals surface area contributed by atoms with Crippen LogP contribution in [0.5, 0.6) is 11.5 Å². The smallest absolute Gasteiger partial charge is 0.336 e. The van der Waals surface area contributed by atoms with Crippen LogP contribution in [0.1, 0.15) is 22.3 Å². The fourth-order valence-electron chi connectivity index (χ4n) is 3.02. The Morgan fingerprint density at radius 2 is 1.97 bits per heavy atom. The molecule has 7 heteroatoms. The number of benzene rings is 2. The Kier molecular flexibility index (Phi) is 6.73. The van der Waals surface area contributed by atoms with E-state index in [1.807, 2.05) is 32.0 Å². The molecule has 0 fully saturated rings. The summed E-state index contributed by atoms with van der Waals surface area (Å²) in [6, 6.07) is 12.1. The van der Waals surface area contributed by atoms with Crippen molar-refractivity contribution in [3.8, 4) is 17.6 Å². The van der Waals surface area contributed by atoms with Gasteiger partial charge in [0.15, 0.2) is 18.1 Å². The Bertz CT molecular complexity index is 1250. The third-order valence-corrected chi connectivity index (χ3v) is 4.78. The first-order valence-electron chi connectivity index (χ1n) is 9.48. The lowest BCUT2D eigenvalue weighted by Gasteiger charge is -2.09. The molecule has 0 unspecified atom stereocenters. The van der Waals surface area contributed by atoms with Crippen LogP contribution < -0.4 is 15.1 Å². The summed E-state index contributed by atoms with van der Waals surface area (Å²) >= 11 is 0. The van der Waals surface area contributed by atoms with Gasteiger partial charge >= 0.3 is 11.6 Å². The fourth-order valence-corrected chi connectivity index (χ4v) is 3.02. The van der Waals surface area contributed by atoms with Crippen LogP contribution in [-0.2, 0) is 16.1 Å². The Morgan fingerprint density at radius 3 is 2.71 bits per heavy atom. The molecule has 0 aliphatic rings. The quantitative estimate of drug-likeness (QED) is 0.323. The number of hydrogen-bond acceptors (Lipinski definition) is 7. The molecule has 0 atom stereocenters. The number of hydrogen-bond donors (Lipinski definition) is 0. The van der Waals surface area contributed by atoms with E-state index in [1.165, 1.54) is 19.3 Å². The highest BCUT2D eigenvalue weighted by atomic mass is 16.5. The summed E-state index contributed by atoms with van der Waals surface area (Å²) in [5, 5.41) is 9.36. The maximum absolute atomic E-state index is 12.2. The molecule has 0 bridgehead atoms. The highest BCUT2D eigenvalue weighted by molar-refractivity contribution is 5.88. The maximum Gasteiger partial charge on any atom is 0.336 e. The summed E-state index contributed by atoms with van der Waals surface area (Å²) in [5.41, 5.74) is 3.16. The van der Waals surface area contributed by atoms with Crippen molar-refractivity contribution in [1.29, 1.82) is 5.26 Å². The van der Waals surface area contributed by atoms with Crippen molar-refractivity contribution in [3.63, 3.8) is 0 Å². The van der Waals surface area contributed by atoms with Crippen LogP contribution in [0.3, 0.4) is 0 Å². The lowest BCUT2D eigenvalue weighted by molar-refractivity contribution is -0.138. The number of carbonyl (C=O) groups excluding carboxylic acids is 1. The molecule has 0 saturated carbocycles. The number of esters is 1. The van der Waals surface area contributed by atoms with Gasteiger partial charge in [-0.15, -0.1) is 0 Å². The molecule has 0 radical (unpaired) electrons. The minimum absolute atomic E-state index is 0.0575. The maximum atomic E-state index is 12.2. The fraction of sp³-hybridized carbons (Fsp3) is 0.208. The van der Waals surface area contributed by atoms with Gasteiger partial charge in [0.05, 0.1) is 7.11 Å². The van der Waals surface area contributed by atoms with E-state index in [0.717, 1.165) is 16.5 Å². The highest BCUT2D eigenvalue weighted by Crippen LogP contribution is 2.28. The SMILES string of the molecule is COc1cc(C=CC(=O)OCc2cc(=O)oc3c(C)c(C)ccc23)ccc1OCC#N. The van der Waals surface area contributed by atoms with Crippen LogP contribution in [0.25, 0.3) is 17.0 Å². The zero-order chi connectivity index (χ0) is 22.4. The first-order valence-corrected chi connectivity index (χ1v) is 9.48. The van der Waals surface area contributed by atoms with Crippen LogP contribution in [0.2, 0.25) is 0 Å². The molecule has 0 aliphatic heterocycles. The average molecular weight is 419 g/mol. The molecule has 7 nitrogen and oxygen atoms in total. The van der Waals surface area contributed by atoms with Crippen LogP contribution >= 0.6 is 0 Å². The topological polar surface area (TPSA) is 98.8 Å². The van der Waals surface area contributed by atoms with Gasteiger partial charge in [-0.3, -0.25) is 0 Å². The van der Waals surface area contributed by atoms with E-state index in [1.54, 1.807) is 24.3 Å². The number of ether oxygens (including phenoxy) is 3. The average Bonchev–Trinajstić information content (AvgIpc) is 2.77. The van der Waals surface area contributed by atoms with Gasteiger partial charge in [-0.1, -0.05) is 18.2 Å².